The van der Waals surface area contributed by atoms with Crippen LogP contribution in [0, 0.1) is 17.6 Å². The Morgan fingerprint density at radius 3 is 2.65 bits per heavy atom. The third kappa shape index (κ3) is 3.33. The van der Waals surface area contributed by atoms with Gasteiger partial charge >= 0.3 is 5.97 Å². The quantitative estimate of drug-likeness (QED) is 0.922. The van der Waals surface area contributed by atoms with Crippen molar-refractivity contribution < 1.29 is 18.7 Å². The van der Waals surface area contributed by atoms with Crippen LogP contribution in [0.5, 0.6) is 0 Å². The fourth-order valence-electron chi connectivity index (χ4n) is 2.83. The molecule has 5 heteroatoms. The van der Waals surface area contributed by atoms with Gasteiger partial charge in [-0.05, 0) is 44.8 Å². The Hall–Kier alpha value is -1.49. The smallest absolute Gasteiger partial charge is 0.303 e. The van der Waals surface area contributed by atoms with E-state index in [2.05, 4.69) is 4.90 Å². The van der Waals surface area contributed by atoms with Crippen LogP contribution >= 0.6 is 0 Å². The SMILES string of the molecule is CC(c1cccc(F)c1F)N1CCC(CC(=O)O)CC1. The molecule has 0 saturated carbocycles. The van der Waals surface area contributed by atoms with Crippen LogP contribution in [0.25, 0.3) is 0 Å². The molecule has 2 rings (SSSR count). The summed E-state index contributed by atoms with van der Waals surface area (Å²) in [5, 5.41) is 8.78. The summed E-state index contributed by atoms with van der Waals surface area (Å²) in [7, 11) is 0. The van der Waals surface area contributed by atoms with Crippen molar-refractivity contribution in [1.29, 1.82) is 0 Å². The molecular formula is C15H19F2NO2. The van der Waals surface area contributed by atoms with Crippen LogP contribution in [-0.4, -0.2) is 29.1 Å². The maximum absolute atomic E-state index is 13.8. The zero-order valence-electron chi connectivity index (χ0n) is 11.5. The van der Waals surface area contributed by atoms with E-state index in [1.807, 2.05) is 6.92 Å². The molecule has 1 N–H and O–H groups in total. The number of aliphatic carboxylic acids is 1. The lowest BCUT2D eigenvalue weighted by Crippen LogP contribution is -2.36. The lowest BCUT2D eigenvalue weighted by molar-refractivity contribution is -0.138. The minimum absolute atomic E-state index is 0.188. The third-order valence-corrected chi connectivity index (χ3v) is 4.09. The summed E-state index contributed by atoms with van der Waals surface area (Å²) >= 11 is 0. The van der Waals surface area contributed by atoms with Crippen LogP contribution in [0.15, 0.2) is 18.2 Å². The highest BCUT2D eigenvalue weighted by Crippen LogP contribution is 2.29. The van der Waals surface area contributed by atoms with Gasteiger partial charge in [0.25, 0.3) is 0 Å². The van der Waals surface area contributed by atoms with Gasteiger partial charge in [-0.15, -0.1) is 0 Å². The molecule has 0 aliphatic carbocycles. The summed E-state index contributed by atoms with van der Waals surface area (Å²) in [6.07, 6.45) is 1.76. The number of hydrogen-bond acceptors (Lipinski definition) is 2. The summed E-state index contributed by atoms with van der Waals surface area (Å²) in [4.78, 5) is 12.8. The van der Waals surface area contributed by atoms with Gasteiger partial charge < -0.3 is 5.11 Å². The van der Waals surface area contributed by atoms with E-state index in [9.17, 15) is 13.6 Å². The predicted octanol–water partition coefficient (Wildman–Crippen LogP) is 3.21. The van der Waals surface area contributed by atoms with Crippen molar-refractivity contribution in [1.82, 2.24) is 4.90 Å². The number of carboxylic acids is 1. The van der Waals surface area contributed by atoms with Crippen LogP contribution in [0.2, 0.25) is 0 Å². The number of likely N-dealkylation sites (tertiary alicyclic amines) is 1. The van der Waals surface area contributed by atoms with Crippen molar-refractivity contribution in [3.05, 3.63) is 35.4 Å². The van der Waals surface area contributed by atoms with Gasteiger partial charge in [-0.3, -0.25) is 9.69 Å². The Balaban J connectivity index is 1.99. The number of carboxylic acid groups (broad SMARTS) is 1. The first-order chi connectivity index (χ1) is 9.49. The number of piperidine rings is 1. The van der Waals surface area contributed by atoms with E-state index < -0.39 is 17.6 Å². The molecule has 1 aromatic rings. The summed E-state index contributed by atoms with van der Waals surface area (Å²) in [5.41, 5.74) is 0.363. The summed E-state index contributed by atoms with van der Waals surface area (Å²) in [6.45, 7) is 3.29. The molecule has 0 radical (unpaired) electrons. The first-order valence-corrected chi connectivity index (χ1v) is 6.88. The zero-order valence-corrected chi connectivity index (χ0v) is 11.5. The van der Waals surface area contributed by atoms with Crippen LogP contribution < -0.4 is 0 Å². The molecule has 1 saturated heterocycles. The van der Waals surface area contributed by atoms with E-state index in [0.29, 0.717) is 5.56 Å². The number of carbonyl (C=O) groups is 1. The van der Waals surface area contributed by atoms with Crippen LogP contribution in [-0.2, 0) is 4.79 Å². The standard InChI is InChI=1S/C15H19F2NO2/c1-10(12-3-2-4-13(16)15(12)17)18-7-5-11(6-8-18)9-14(19)20/h2-4,10-11H,5-9H2,1H3,(H,19,20). The Labute approximate surface area is 117 Å². The second-order valence-corrected chi connectivity index (χ2v) is 5.40. The Morgan fingerprint density at radius 1 is 1.40 bits per heavy atom. The van der Waals surface area contributed by atoms with E-state index >= 15 is 0 Å². The Kier molecular flexibility index (Phi) is 4.70. The van der Waals surface area contributed by atoms with Gasteiger partial charge in [0.15, 0.2) is 11.6 Å². The molecule has 1 aliphatic heterocycles. The van der Waals surface area contributed by atoms with Gasteiger partial charge in [-0.2, -0.15) is 0 Å². The highest BCUT2D eigenvalue weighted by atomic mass is 19.2. The molecule has 0 bridgehead atoms. The number of benzene rings is 1. The summed E-state index contributed by atoms with van der Waals surface area (Å²) in [6, 6.07) is 4.04. The number of hydrogen-bond donors (Lipinski definition) is 1. The normalized spacial score (nSPS) is 18.9. The maximum atomic E-state index is 13.8. The Bertz CT molecular complexity index is 485. The van der Waals surface area contributed by atoms with Crippen LogP contribution in [0.4, 0.5) is 8.78 Å². The summed E-state index contributed by atoms with van der Waals surface area (Å²) in [5.74, 6) is -2.19. The van der Waals surface area contributed by atoms with E-state index in [0.717, 1.165) is 32.0 Å². The molecule has 1 aliphatic rings. The van der Waals surface area contributed by atoms with Gasteiger partial charge in [0.2, 0.25) is 0 Å². The zero-order chi connectivity index (χ0) is 14.7. The van der Waals surface area contributed by atoms with Crippen molar-refractivity contribution >= 4 is 5.97 Å². The number of halogens is 2. The van der Waals surface area contributed by atoms with E-state index in [4.69, 9.17) is 5.11 Å². The minimum atomic E-state index is -0.824. The maximum Gasteiger partial charge on any atom is 0.303 e. The van der Waals surface area contributed by atoms with Gasteiger partial charge in [0.1, 0.15) is 0 Å². The van der Waals surface area contributed by atoms with Crippen LogP contribution in [0.3, 0.4) is 0 Å². The van der Waals surface area contributed by atoms with Crippen molar-refractivity contribution in [2.24, 2.45) is 5.92 Å². The van der Waals surface area contributed by atoms with E-state index in [1.165, 1.54) is 6.07 Å². The molecule has 110 valence electrons. The molecular weight excluding hydrogens is 264 g/mol. The second kappa shape index (κ2) is 6.31. The van der Waals surface area contributed by atoms with E-state index in [1.54, 1.807) is 6.07 Å². The minimum Gasteiger partial charge on any atom is -0.481 e. The number of nitrogens with zero attached hydrogens (tertiary/aromatic N) is 1. The highest BCUT2D eigenvalue weighted by Gasteiger charge is 2.26. The van der Waals surface area contributed by atoms with Crippen molar-refractivity contribution in [2.45, 2.75) is 32.2 Å². The molecule has 1 unspecified atom stereocenters. The largest absolute Gasteiger partial charge is 0.481 e. The molecule has 1 heterocycles. The fraction of sp³-hybridized carbons (Fsp3) is 0.533. The number of rotatable bonds is 4. The molecule has 1 fully saturated rings. The predicted molar refractivity (Wildman–Crippen MR) is 71.3 cm³/mol. The second-order valence-electron chi connectivity index (χ2n) is 5.40. The molecule has 1 atom stereocenters. The van der Waals surface area contributed by atoms with Gasteiger partial charge in [-0.25, -0.2) is 8.78 Å². The van der Waals surface area contributed by atoms with Gasteiger partial charge in [0, 0.05) is 18.0 Å². The monoisotopic (exact) mass is 283 g/mol. The van der Waals surface area contributed by atoms with Gasteiger partial charge in [0.05, 0.1) is 0 Å². The molecule has 0 aromatic heterocycles. The fourth-order valence-corrected chi connectivity index (χ4v) is 2.83. The van der Waals surface area contributed by atoms with Gasteiger partial charge in [-0.1, -0.05) is 12.1 Å². The van der Waals surface area contributed by atoms with Crippen LogP contribution in [0.1, 0.15) is 37.8 Å². The molecule has 3 nitrogen and oxygen atoms in total. The highest BCUT2D eigenvalue weighted by molar-refractivity contribution is 5.67. The topological polar surface area (TPSA) is 40.5 Å². The lowest BCUT2D eigenvalue weighted by atomic mass is 9.92. The molecule has 0 amide bonds. The first kappa shape index (κ1) is 14.9. The van der Waals surface area contributed by atoms with Crippen molar-refractivity contribution in [3.8, 4) is 0 Å². The molecule has 1 aromatic carbocycles. The molecule has 20 heavy (non-hydrogen) atoms. The molecule has 0 spiro atoms. The van der Waals surface area contributed by atoms with Crippen molar-refractivity contribution in [2.75, 3.05) is 13.1 Å². The summed E-state index contributed by atoms with van der Waals surface area (Å²) < 4.78 is 27.0. The van der Waals surface area contributed by atoms with Crippen molar-refractivity contribution in [3.63, 3.8) is 0 Å². The Morgan fingerprint density at radius 2 is 2.05 bits per heavy atom. The first-order valence-electron chi connectivity index (χ1n) is 6.88. The van der Waals surface area contributed by atoms with E-state index in [-0.39, 0.29) is 18.4 Å². The lowest BCUT2D eigenvalue weighted by Gasteiger charge is -2.36. The third-order valence-electron chi connectivity index (χ3n) is 4.09. The average molecular weight is 283 g/mol. The average Bonchev–Trinajstić information content (AvgIpc) is 2.41.